The highest BCUT2D eigenvalue weighted by Gasteiger charge is 2.38. The van der Waals surface area contributed by atoms with E-state index in [4.69, 9.17) is 15.6 Å². The van der Waals surface area contributed by atoms with Crippen LogP contribution in [-0.2, 0) is 4.79 Å². The van der Waals surface area contributed by atoms with Gasteiger partial charge < -0.3 is 15.9 Å². The molecule has 3 atom stereocenters. The van der Waals surface area contributed by atoms with Crippen molar-refractivity contribution < 1.29 is 28.2 Å². The zero-order chi connectivity index (χ0) is 12.9. The van der Waals surface area contributed by atoms with E-state index < -0.39 is 12.1 Å². The first kappa shape index (κ1) is 15.2. The van der Waals surface area contributed by atoms with E-state index in [2.05, 4.69) is 6.92 Å². The Balaban J connectivity index is 0.000000293. The topological polar surface area (TPSA) is 83.5 Å². The van der Waals surface area contributed by atoms with Crippen LogP contribution in [0.15, 0.2) is 0 Å². The fraction of sp³-hybridized carbons (Fsp3) is 0.889. The molecule has 4 nitrogen and oxygen atoms in total. The number of carbonyl (C=O) groups is 1. The minimum atomic E-state index is -5.08. The molecule has 1 rings (SSSR count). The van der Waals surface area contributed by atoms with Gasteiger partial charge in [0, 0.05) is 6.04 Å². The van der Waals surface area contributed by atoms with Gasteiger partial charge in [-0.2, -0.15) is 13.2 Å². The van der Waals surface area contributed by atoms with Gasteiger partial charge in [-0.15, -0.1) is 0 Å². The molecule has 0 heterocycles. The zero-order valence-corrected chi connectivity index (χ0v) is 8.87. The van der Waals surface area contributed by atoms with Gasteiger partial charge in [0.05, 0.1) is 6.10 Å². The summed E-state index contributed by atoms with van der Waals surface area (Å²) in [5.74, 6) is -2.35. The van der Waals surface area contributed by atoms with E-state index in [-0.39, 0.29) is 6.10 Å². The maximum absolute atomic E-state index is 10.6. The third-order valence-corrected chi connectivity index (χ3v) is 2.41. The molecule has 0 aliphatic heterocycles. The molecule has 0 amide bonds. The van der Waals surface area contributed by atoms with E-state index in [1.54, 1.807) is 0 Å². The predicted octanol–water partition coefficient (Wildman–Crippen LogP) is 1.13. The highest BCUT2D eigenvalue weighted by molar-refractivity contribution is 5.73. The molecule has 0 aromatic heterocycles. The van der Waals surface area contributed by atoms with Crippen molar-refractivity contribution >= 4 is 5.97 Å². The molecular weight excluding hydrogens is 227 g/mol. The van der Waals surface area contributed by atoms with E-state index in [1.165, 1.54) is 0 Å². The lowest BCUT2D eigenvalue weighted by Gasteiger charge is -2.28. The van der Waals surface area contributed by atoms with Crippen LogP contribution >= 0.6 is 0 Å². The molecule has 4 N–H and O–H groups in total. The minimum absolute atomic E-state index is 0.0928. The molecule has 0 spiro atoms. The molecule has 1 fully saturated rings. The summed E-state index contributed by atoms with van der Waals surface area (Å²) in [7, 11) is 0. The standard InChI is InChI=1S/C7H15NO.C2HF3O2/c1-5-4-6(8)2-3-7(5)9;3-2(4,5)1(6)7/h5-7,9H,2-4,8H2,1H3;(H,6,7)/t5-,6-,7-;/m0./s1. The van der Waals surface area contributed by atoms with Crippen molar-refractivity contribution in [3.63, 3.8) is 0 Å². The number of aliphatic hydroxyl groups is 1. The van der Waals surface area contributed by atoms with E-state index in [0.717, 1.165) is 19.3 Å². The van der Waals surface area contributed by atoms with Gasteiger partial charge in [-0.25, -0.2) is 4.79 Å². The molecule has 0 aromatic rings. The third-order valence-electron chi connectivity index (χ3n) is 2.41. The molecular formula is C9H16F3NO3. The lowest BCUT2D eigenvalue weighted by molar-refractivity contribution is -0.192. The van der Waals surface area contributed by atoms with Gasteiger partial charge in [-0.05, 0) is 25.2 Å². The summed E-state index contributed by atoms with van der Waals surface area (Å²) in [4.78, 5) is 8.90. The quantitative estimate of drug-likeness (QED) is 0.595. The molecule has 96 valence electrons. The van der Waals surface area contributed by atoms with E-state index in [9.17, 15) is 18.3 Å². The Labute approximate surface area is 91.2 Å². The molecule has 1 saturated carbocycles. The Morgan fingerprint density at radius 2 is 1.81 bits per heavy atom. The third kappa shape index (κ3) is 5.92. The number of nitrogens with two attached hydrogens (primary N) is 1. The lowest BCUT2D eigenvalue weighted by Crippen LogP contribution is -2.34. The average molecular weight is 243 g/mol. The van der Waals surface area contributed by atoms with Crippen molar-refractivity contribution in [2.75, 3.05) is 0 Å². The van der Waals surface area contributed by atoms with Crippen LogP contribution in [0, 0.1) is 5.92 Å². The zero-order valence-electron chi connectivity index (χ0n) is 8.87. The van der Waals surface area contributed by atoms with E-state index in [0.29, 0.717) is 12.0 Å². The van der Waals surface area contributed by atoms with Crippen molar-refractivity contribution in [3.05, 3.63) is 0 Å². The number of alkyl halides is 3. The number of rotatable bonds is 0. The number of carboxylic acid groups (broad SMARTS) is 1. The van der Waals surface area contributed by atoms with Crippen LogP contribution in [0.25, 0.3) is 0 Å². The molecule has 0 saturated heterocycles. The van der Waals surface area contributed by atoms with Crippen LogP contribution < -0.4 is 5.73 Å². The van der Waals surface area contributed by atoms with Crippen molar-refractivity contribution in [1.82, 2.24) is 0 Å². The average Bonchev–Trinajstić information content (AvgIpc) is 2.11. The molecule has 0 unspecified atom stereocenters. The number of carboxylic acids is 1. The highest BCUT2D eigenvalue weighted by atomic mass is 19.4. The van der Waals surface area contributed by atoms with Crippen molar-refractivity contribution in [2.45, 2.75) is 44.5 Å². The van der Waals surface area contributed by atoms with Crippen LogP contribution in [-0.4, -0.2) is 34.5 Å². The van der Waals surface area contributed by atoms with Gasteiger partial charge in [-0.3, -0.25) is 0 Å². The number of aliphatic carboxylic acids is 1. The summed E-state index contributed by atoms with van der Waals surface area (Å²) in [6, 6.07) is 0.336. The van der Waals surface area contributed by atoms with Gasteiger partial charge in [-0.1, -0.05) is 6.92 Å². The van der Waals surface area contributed by atoms with Crippen LogP contribution in [0.4, 0.5) is 13.2 Å². The van der Waals surface area contributed by atoms with Crippen molar-refractivity contribution in [1.29, 1.82) is 0 Å². The Morgan fingerprint density at radius 3 is 2.06 bits per heavy atom. The second-order valence-corrected chi connectivity index (χ2v) is 3.92. The highest BCUT2D eigenvalue weighted by Crippen LogP contribution is 2.22. The summed E-state index contributed by atoms with van der Waals surface area (Å²) in [5.41, 5.74) is 5.68. The summed E-state index contributed by atoms with van der Waals surface area (Å²) >= 11 is 0. The molecule has 16 heavy (non-hydrogen) atoms. The Bertz CT molecular complexity index is 233. The molecule has 1 aliphatic rings. The van der Waals surface area contributed by atoms with Gasteiger partial charge in [0.15, 0.2) is 0 Å². The smallest absolute Gasteiger partial charge is 0.475 e. The molecule has 0 aromatic carbocycles. The number of halogens is 3. The normalized spacial score (nSPS) is 30.2. The second kappa shape index (κ2) is 6.05. The van der Waals surface area contributed by atoms with Crippen LogP contribution in [0.1, 0.15) is 26.2 Å². The van der Waals surface area contributed by atoms with Gasteiger partial charge in [0.2, 0.25) is 0 Å². The summed E-state index contributed by atoms with van der Waals surface area (Å²) in [6.07, 6.45) is -2.31. The summed E-state index contributed by atoms with van der Waals surface area (Å²) in [6.45, 7) is 2.06. The molecule has 0 bridgehead atoms. The molecule has 1 aliphatic carbocycles. The van der Waals surface area contributed by atoms with Gasteiger partial charge in [0.1, 0.15) is 0 Å². The first-order chi connectivity index (χ1) is 7.14. The number of hydrogen-bond acceptors (Lipinski definition) is 3. The fourth-order valence-corrected chi connectivity index (χ4v) is 1.42. The summed E-state index contributed by atoms with van der Waals surface area (Å²) in [5, 5.41) is 16.4. The maximum Gasteiger partial charge on any atom is 0.490 e. The molecule has 0 radical (unpaired) electrons. The van der Waals surface area contributed by atoms with Gasteiger partial charge >= 0.3 is 12.1 Å². The fourth-order valence-electron chi connectivity index (χ4n) is 1.42. The Kier molecular flexibility index (Phi) is 5.74. The Hall–Kier alpha value is -0.820. The van der Waals surface area contributed by atoms with Crippen LogP contribution in [0.5, 0.6) is 0 Å². The van der Waals surface area contributed by atoms with Gasteiger partial charge in [0.25, 0.3) is 0 Å². The minimum Gasteiger partial charge on any atom is -0.475 e. The first-order valence-corrected chi connectivity index (χ1v) is 4.88. The van der Waals surface area contributed by atoms with E-state index >= 15 is 0 Å². The maximum atomic E-state index is 10.6. The molecule has 7 heteroatoms. The monoisotopic (exact) mass is 243 g/mol. The Morgan fingerprint density at radius 1 is 1.38 bits per heavy atom. The van der Waals surface area contributed by atoms with Crippen LogP contribution in [0.3, 0.4) is 0 Å². The van der Waals surface area contributed by atoms with Crippen LogP contribution in [0.2, 0.25) is 0 Å². The van der Waals surface area contributed by atoms with Crippen molar-refractivity contribution in [3.8, 4) is 0 Å². The SMILES string of the molecule is C[C@H]1C[C@@H](N)CC[C@@H]1O.O=C(O)C(F)(F)F. The lowest BCUT2D eigenvalue weighted by atomic mass is 9.85. The first-order valence-electron chi connectivity index (χ1n) is 4.88. The second-order valence-electron chi connectivity index (χ2n) is 3.92. The van der Waals surface area contributed by atoms with E-state index in [1.807, 2.05) is 0 Å². The predicted molar refractivity (Wildman–Crippen MR) is 50.7 cm³/mol. The largest absolute Gasteiger partial charge is 0.490 e. The summed E-state index contributed by atoms with van der Waals surface area (Å²) < 4.78 is 31.7. The van der Waals surface area contributed by atoms with Crippen molar-refractivity contribution in [2.24, 2.45) is 11.7 Å². The number of aliphatic hydroxyl groups excluding tert-OH is 1. The number of hydrogen-bond donors (Lipinski definition) is 3.